The molecule has 2 heterocycles. The summed E-state index contributed by atoms with van der Waals surface area (Å²) < 4.78 is 2.47. The van der Waals surface area contributed by atoms with Gasteiger partial charge in [0.15, 0.2) is 0 Å². The van der Waals surface area contributed by atoms with Crippen molar-refractivity contribution in [3.05, 3.63) is 82.3 Å². The van der Waals surface area contributed by atoms with Crippen LogP contribution in [0.5, 0.6) is 0 Å². The van der Waals surface area contributed by atoms with Crippen molar-refractivity contribution in [3.63, 3.8) is 0 Å². The van der Waals surface area contributed by atoms with Gasteiger partial charge in [0, 0.05) is 16.7 Å². The van der Waals surface area contributed by atoms with Crippen LogP contribution in [0.4, 0.5) is 0 Å². The minimum Gasteiger partial charge on any atom is -0.296 e. The van der Waals surface area contributed by atoms with E-state index in [0.29, 0.717) is 4.77 Å². The lowest BCUT2D eigenvalue weighted by atomic mass is 9.85. The third-order valence-electron chi connectivity index (χ3n) is 5.48. The number of aromatic nitrogens is 2. The minimum absolute atomic E-state index is 0.404. The van der Waals surface area contributed by atoms with E-state index in [2.05, 4.69) is 30.3 Å². The lowest BCUT2D eigenvalue weighted by Gasteiger charge is -2.22. The Bertz CT molecular complexity index is 1170. The second-order valence-corrected chi connectivity index (χ2v) is 7.31. The number of nitriles is 1. The fourth-order valence-electron chi connectivity index (χ4n) is 4.40. The Kier molecular flexibility index (Phi) is 3.77. The molecule has 0 amide bonds. The van der Waals surface area contributed by atoms with Gasteiger partial charge in [-0.3, -0.25) is 4.57 Å². The summed E-state index contributed by atoms with van der Waals surface area (Å²) in [7, 11) is 0. The molecule has 0 bridgehead atoms. The van der Waals surface area contributed by atoms with E-state index in [-0.39, 0.29) is 0 Å². The number of benzene rings is 2. The number of hydrogen-bond acceptors (Lipinski definition) is 3. The molecule has 2 aliphatic rings. The SMILES string of the molecule is N#CC1C(c2ccccc2)=C2CCCc3c(-c4ccccc4)nc(=S)n1c32. The smallest absolute Gasteiger partial charge is 0.201 e. The van der Waals surface area contributed by atoms with Crippen molar-refractivity contribution >= 4 is 23.4 Å². The maximum atomic E-state index is 10.0. The molecule has 3 aromatic rings. The molecule has 4 heteroatoms. The molecular formula is C23H17N3S. The molecule has 1 atom stereocenters. The second kappa shape index (κ2) is 6.29. The molecule has 3 nitrogen and oxygen atoms in total. The third-order valence-corrected chi connectivity index (χ3v) is 5.76. The van der Waals surface area contributed by atoms with Crippen LogP contribution in [0.25, 0.3) is 22.4 Å². The first-order valence-electron chi connectivity index (χ1n) is 9.19. The van der Waals surface area contributed by atoms with Gasteiger partial charge in [-0.25, -0.2) is 4.98 Å². The van der Waals surface area contributed by atoms with Crippen molar-refractivity contribution in [2.45, 2.75) is 25.3 Å². The fourth-order valence-corrected chi connectivity index (χ4v) is 4.69. The van der Waals surface area contributed by atoms with Crippen molar-refractivity contribution < 1.29 is 0 Å². The van der Waals surface area contributed by atoms with Gasteiger partial charge in [-0.05, 0) is 42.6 Å². The first-order valence-corrected chi connectivity index (χ1v) is 9.59. The van der Waals surface area contributed by atoms with Gasteiger partial charge in [-0.15, -0.1) is 0 Å². The molecule has 1 aliphatic heterocycles. The van der Waals surface area contributed by atoms with Crippen molar-refractivity contribution in [1.29, 1.82) is 5.26 Å². The van der Waals surface area contributed by atoms with Crippen LogP contribution in [-0.2, 0) is 6.42 Å². The van der Waals surface area contributed by atoms with E-state index in [1.807, 2.05) is 41.0 Å². The lowest BCUT2D eigenvalue weighted by molar-refractivity contribution is 0.694. The van der Waals surface area contributed by atoms with Gasteiger partial charge in [0.1, 0.15) is 6.04 Å². The van der Waals surface area contributed by atoms with Gasteiger partial charge in [0.25, 0.3) is 0 Å². The average molecular weight is 367 g/mol. The summed E-state index contributed by atoms with van der Waals surface area (Å²) in [4.78, 5) is 4.78. The maximum absolute atomic E-state index is 10.0. The second-order valence-electron chi connectivity index (χ2n) is 6.95. The zero-order valence-electron chi connectivity index (χ0n) is 14.7. The van der Waals surface area contributed by atoms with Gasteiger partial charge in [-0.1, -0.05) is 60.7 Å². The zero-order valence-corrected chi connectivity index (χ0v) is 15.5. The molecule has 0 spiro atoms. The maximum Gasteiger partial charge on any atom is 0.201 e. The standard InChI is InChI=1S/C23H17N3S/c24-14-19-20(15-8-3-1-4-9-15)17-12-7-13-18-21(16-10-5-2-6-11-16)25-23(27)26(19)22(17)18/h1-6,8-11,19H,7,12-13H2. The molecule has 0 N–H and O–H groups in total. The van der Waals surface area contributed by atoms with Crippen LogP contribution in [-0.4, -0.2) is 9.55 Å². The van der Waals surface area contributed by atoms with Crippen LogP contribution in [0.1, 0.15) is 35.7 Å². The molecule has 0 fully saturated rings. The Balaban J connectivity index is 1.84. The largest absolute Gasteiger partial charge is 0.296 e. The van der Waals surface area contributed by atoms with Crippen molar-refractivity contribution in [3.8, 4) is 17.3 Å². The third kappa shape index (κ3) is 2.39. The van der Waals surface area contributed by atoms with Crippen molar-refractivity contribution in [2.75, 3.05) is 0 Å². The molecule has 130 valence electrons. The molecule has 0 saturated carbocycles. The van der Waals surface area contributed by atoms with E-state index in [4.69, 9.17) is 17.2 Å². The lowest BCUT2D eigenvalue weighted by Crippen LogP contribution is -2.14. The molecular weight excluding hydrogens is 350 g/mol. The molecule has 2 aromatic carbocycles. The fraction of sp³-hybridized carbons (Fsp3) is 0.174. The monoisotopic (exact) mass is 367 g/mol. The first-order chi connectivity index (χ1) is 13.3. The summed E-state index contributed by atoms with van der Waals surface area (Å²) in [6.07, 6.45) is 3.00. The molecule has 5 rings (SSSR count). The number of rotatable bonds is 2. The Morgan fingerprint density at radius 2 is 1.63 bits per heavy atom. The van der Waals surface area contributed by atoms with Crippen molar-refractivity contribution in [2.24, 2.45) is 0 Å². The first kappa shape index (κ1) is 16.2. The van der Waals surface area contributed by atoms with Gasteiger partial charge >= 0.3 is 0 Å². The summed E-state index contributed by atoms with van der Waals surface area (Å²) in [6, 6.07) is 22.5. The minimum atomic E-state index is -0.404. The molecule has 1 aromatic heterocycles. The van der Waals surface area contributed by atoms with Crippen LogP contribution in [0.2, 0.25) is 0 Å². The number of allylic oxidation sites excluding steroid dienone is 2. The summed E-state index contributed by atoms with van der Waals surface area (Å²) in [5, 5.41) is 10.0. The summed E-state index contributed by atoms with van der Waals surface area (Å²) >= 11 is 5.67. The summed E-state index contributed by atoms with van der Waals surface area (Å²) in [6.45, 7) is 0. The molecule has 1 unspecified atom stereocenters. The predicted molar refractivity (Wildman–Crippen MR) is 109 cm³/mol. The molecule has 1 aliphatic carbocycles. The van der Waals surface area contributed by atoms with Gasteiger partial charge in [0.2, 0.25) is 4.77 Å². The Morgan fingerprint density at radius 1 is 0.963 bits per heavy atom. The van der Waals surface area contributed by atoms with E-state index in [9.17, 15) is 5.26 Å². The Labute approximate surface area is 163 Å². The number of hydrogen-bond donors (Lipinski definition) is 0. The average Bonchev–Trinajstić information content (AvgIpc) is 3.08. The Morgan fingerprint density at radius 3 is 2.30 bits per heavy atom. The summed E-state index contributed by atoms with van der Waals surface area (Å²) in [5.41, 5.74) is 7.87. The van der Waals surface area contributed by atoms with E-state index < -0.39 is 6.04 Å². The van der Waals surface area contributed by atoms with Gasteiger partial charge in [-0.2, -0.15) is 5.26 Å². The highest BCUT2D eigenvalue weighted by Crippen LogP contribution is 2.49. The van der Waals surface area contributed by atoms with Crippen LogP contribution in [0.3, 0.4) is 0 Å². The van der Waals surface area contributed by atoms with E-state index in [0.717, 1.165) is 47.4 Å². The zero-order chi connectivity index (χ0) is 18.4. The van der Waals surface area contributed by atoms with E-state index >= 15 is 0 Å². The molecule has 27 heavy (non-hydrogen) atoms. The normalized spacial score (nSPS) is 17.5. The topological polar surface area (TPSA) is 41.6 Å². The van der Waals surface area contributed by atoms with Crippen LogP contribution in [0.15, 0.2) is 60.7 Å². The Hall–Kier alpha value is -3.03. The van der Waals surface area contributed by atoms with Gasteiger partial charge < -0.3 is 0 Å². The van der Waals surface area contributed by atoms with Crippen LogP contribution < -0.4 is 0 Å². The number of nitrogens with zero attached hydrogens (tertiary/aromatic N) is 3. The summed E-state index contributed by atoms with van der Waals surface area (Å²) in [5.74, 6) is 0. The molecule has 0 radical (unpaired) electrons. The quantitative estimate of drug-likeness (QED) is 0.553. The predicted octanol–water partition coefficient (Wildman–Crippen LogP) is 5.60. The van der Waals surface area contributed by atoms with Crippen LogP contribution >= 0.6 is 12.2 Å². The van der Waals surface area contributed by atoms with Crippen LogP contribution in [0, 0.1) is 16.1 Å². The van der Waals surface area contributed by atoms with E-state index in [1.54, 1.807) is 0 Å². The highest BCUT2D eigenvalue weighted by Gasteiger charge is 2.37. The van der Waals surface area contributed by atoms with Gasteiger partial charge in [0.05, 0.1) is 17.5 Å². The highest BCUT2D eigenvalue weighted by atomic mass is 32.1. The van der Waals surface area contributed by atoms with Crippen molar-refractivity contribution in [1.82, 2.24) is 9.55 Å². The highest BCUT2D eigenvalue weighted by molar-refractivity contribution is 7.71. The molecule has 0 saturated heterocycles. The van der Waals surface area contributed by atoms with E-state index in [1.165, 1.54) is 11.1 Å².